The number of hydrogen-bond acceptors (Lipinski definition) is 5. The Balaban J connectivity index is 1.44. The number of hydrogen-bond donors (Lipinski definition) is 2. The Kier molecular flexibility index (Phi) is 7.40. The maximum atomic E-state index is 12.3. The SMILES string of the molecule is O=C(COc1ccc(CCNS(=O)(=O)c2ccc(Cl)cc2)cc1)Nc1cccnc1. The van der Waals surface area contributed by atoms with Gasteiger partial charge in [-0.25, -0.2) is 13.1 Å². The smallest absolute Gasteiger partial charge is 0.262 e. The van der Waals surface area contributed by atoms with E-state index in [4.69, 9.17) is 16.3 Å². The van der Waals surface area contributed by atoms with Crippen LogP contribution >= 0.6 is 11.6 Å². The lowest BCUT2D eigenvalue weighted by Crippen LogP contribution is -2.25. The molecule has 3 aromatic rings. The van der Waals surface area contributed by atoms with Crippen LogP contribution in [0.25, 0.3) is 0 Å². The first kappa shape index (κ1) is 21.8. The van der Waals surface area contributed by atoms with Crippen molar-refractivity contribution in [1.82, 2.24) is 9.71 Å². The minimum absolute atomic E-state index is 0.130. The molecule has 0 bridgehead atoms. The van der Waals surface area contributed by atoms with Gasteiger partial charge in [-0.05, 0) is 60.5 Å². The Morgan fingerprint density at radius 2 is 1.77 bits per heavy atom. The number of nitrogens with zero attached hydrogens (tertiary/aromatic N) is 1. The minimum atomic E-state index is -3.58. The first-order valence-corrected chi connectivity index (χ1v) is 11.0. The molecule has 0 aliphatic heterocycles. The number of amides is 1. The summed E-state index contributed by atoms with van der Waals surface area (Å²) in [5.41, 5.74) is 1.53. The van der Waals surface area contributed by atoms with Gasteiger partial charge in [-0.1, -0.05) is 23.7 Å². The van der Waals surface area contributed by atoms with Crippen LogP contribution < -0.4 is 14.8 Å². The van der Waals surface area contributed by atoms with Crippen molar-refractivity contribution < 1.29 is 17.9 Å². The van der Waals surface area contributed by atoms with Gasteiger partial charge in [-0.3, -0.25) is 9.78 Å². The van der Waals surface area contributed by atoms with Crippen molar-refractivity contribution in [1.29, 1.82) is 0 Å². The molecule has 0 spiro atoms. The third-order valence-corrected chi connectivity index (χ3v) is 5.80. The zero-order valence-corrected chi connectivity index (χ0v) is 17.5. The quantitative estimate of drug-likeness (QED) is 0.526. The standard InChI is InChI=1S/C21H20ClN3O4S/c22-17-5-9-20(10-6-17)30(27,28)24-13-11-16-3-7-19(8-4-16)29-15-21(26)25-18-2-1-12-23-14-18/h1-10,12,14,24H,11,13,15H2,(H,25,26). The number of pyridine rings is 1. The van der Waals surface area contributed by atoms with Gasteiger partial charge >= 0.3 is 0 Å². The molecule has 0 aliphatic carbocycles. The lowest BCUT2D eigenvalue weighted by Gasteiger charge is -2.09. The third kappa shape index (κ3) is 6.55. The second kappa shape index (κ2) is 10.2. The van der Waals surface area contributed by atoms with Crippen LogP contribution in [0.2, 0.25) is 5.02 Å². The monoisotopic (exact) mass is 445 g/mol. The highest BCUT2D eigenvalue weighted by Crippen LogP contribution is 2.15. The van der Waals surface area contributed by atoms with Crippen molar-refractivity contribution in [3.8, 4) is 5.75 Å². The van der Waals surface area contributed by atoms with E-state index in [1.165, 1.54) is 24.3 Å². The normalized spacial score (nSPS) is 11.1. The molecule has 1 amide bonds. The molecule has 1 heterocycles. The minimum Gasteiger partial charge on any atom is -0.484 e. The molecule has 7 nitrogen and oxygen atoms in total. The Hall–Kier alpha value is -2.94. The number of carbonyl (C=O) groups is 1. The molecule has 2 N–H and O–H groups in total. The Morgan fingerprint density at radius 1 is 1.03 bits per heavy atom. The highest BCUT2D eigenvalue weighted by atomic mass is 35.5. The summed E-state index contributed by atoms with van der Waals surface area (Å²) in [6, 6.07) is 16.6. The molecule has 0 radical (unpaired) electrons. The summed E-state index contributed by atoms with van der Waals surface area (Å²) in [5, 5.41) is 3.16. The number of anilines is 1. The molecule has 2 aromatic carbocycles. The third-order valence-electron chi connectivity index (χ3n) is 4.07. The highest BCUT2D eigenvalue weighted by molar-refractivity contribution is 7.89. The van der Waals surface area contributed by atoms with E-state index in [1.807, 2.05) is 12.1 Å². The zero-order valence-electron chi connectivity index (χ0n) is 15.9. The Morgan fingerprint density at radius 3 is 2.43 bits per heavy atom. The molecule has 30 heavy (non-hydrogen) atoms. The summed E-state index contributed by atoms with van der Waals surface area (Å²) in [6.07, 6.45) is 3.68. The molecule has 0 unspecified atom stereocenters. The fraction of sp³-hybridized carbons (Fsp3) is 0.143. The van der Waals surface area contributed by atoms with Crippen LogP contribution in [-0.2, 0) is 21.2 Å². The lowest BCUT2D eigenvalue weighted by molar-refractivity contribution is -0.118. The van der Waals surface area contributed by atoms with Crippen molar-refractivity contribution in [2.75, 3.05) is 18.5 Å². The van der Waals surface area contributed by atoms with Gasteiger partial charge in [-0.15, -0.1) is 0 Å². The van der Waals surface area contributed by atoms with Gasteiger partial charge in [-0.2, -0.15) is 0 Å². The van der Waals surface area contributed by atoms with Crippen LogP contribution in [0.3, 0.4) is 0 Å². The summed E-state index contributed by atoms with van der Waals surface area (Å²) in [5.74, 6) is 0.255. The topological polar surface area (TPSA) is 97.4 Å². The maximum Gasteiger partial charge on any atom is 0.262 e. The first-order chi connectivity index (χ1) is 14.4. The van der Waals surface area contributed by atoms with E-state index in [1.54, 1.807) is 36.7 Å². The zero-order chi connectivity index (χ0) is 21.4. The van der Waals surface area contributed by atoms with E-state index in [9.17, 15) is 13.2 Å². The Labute approximate surface area is 180 Å². The molecule has 9 heteroatoms. The van der Waals surface area contributed by atoms with Crippen LogP contribution in [0.5, 0.6) is 5.75 Å². The lowest BCUT2D eigenvalue weighted by atomic mass is 10.1. The van der Waals surface area contributed by atoms with E-state index in [2.05, 4.69) is 15.0 Å². The predicted octanol–water partition coefficient (Wildman–Crippen LogP) is 3.27. The van der Waals surface area contributed by atoms with E-state index in [0.29, 0.717) is 22.9 Å². The van der Waals surface area contributed by atoms with Crippen molar-refractivity contribution in [2.45, 2.75) is 11.3 Å². The van der Waals surface area contributed by atoms with Gasteiger partial charge in [0, 0.05) is 17.8 Å². The van der Waals surface area contributed by atoms with Gasteiger partial charge in [0.1, 0.15) is 5.75 Å². The van der Waals surface area contributed by atoms with Gasteiger partial charge in [0.2, 0.25) is 10.0 Å². The predicted molar refractivity (Wildman–Crippen MR) is 115 cm³/mol. The fourth-order valence-corrected chi connectivity index (χ4v) is 3.72. The highest BCUT2D eigenvalue weighted by Gasteiger charge is 2.13. The number of benzene rings is 2. The molecule has 0 aliphatic rings. The molecular weight excluding hydrogens is 426 g/mol. The van der Waals surface area contributed by atoms with Crippen LogP contribution in [0.4, 0.5) is 5.69 Å². The van der Waals surface area contributed by atoms with E-state index >= 15 is 0 Å². The summed E-state index contributed by atoms with van der Waals surface area (Å²) >= 11 is 5.78. The maximum absolute atomic E-state index is 12.3. The van der Waals surface area contributed by atoms with Crippen molar-refractivity contribution in [2.24, 2.45) is 0 Å². The largest absolute Gasteiger partial charge is 0.484 e. The Bertz CT molecular complexity index is 1070. The number of halogens is 1. The van der Waals surface area contributed by atoms with Crippen LogP contribution in [0.1, 0.15) is 5.56 Å². The number of ether oxygens (including phenoxy) is 1. The number of aromatic nitrogens is 1. The molecule has 3 rings (SSSR count). The molecule has 0 fully saturated rings. The molecule has 0 saturated carbocycles. The molecule has 0 saturated heterocycles. The van der Waals surface area contributed by atoms with Gasteiger partial charge in [0.15, 0.2) is 6.61 Å². The molecule has 0 atom stereocenters. The molecule has 156 valence electrons. The van der Waals surface area contributed by atoms with E-state index in [0.717, 1.165) is 5.56 Å². The van der Waals surface area contributed by atoms with Crippen molar-refractivity contribution in [3.05, 3.63) is 83.6 Å². The van der Waals surface area contributed by atoms with Crippen LogP contribution in [0.15, 0.2) is 78.0 Å². The fourth-order valence-electron chi connectivity index (χ4n) is 2.56. The molecular formula is C21H20ClN3O4S. The van der Waals surface area contributed by atoms with E-state index in [-0.39, 0.29) is 24.0 Å². The number of rotatable bonds is 9. The van der Waals surface area contributed by atoms with Crippen LogP contribution in [0, 0.1) is 0 Å². The van der Waals surface area contributed by atoms with Gasteiger partial charge < -0.3 is 10.1 Å². The van der Waals surface area contributed by atoms with Crippen molar-refractivity contribution in [3.63, 3.8) is 0 Å². The second-order valence-corrected chi connectivity index (χ2v) is 8.53. The first-order valence-electron chi connectivity index (χ1n) is 9.09. The van der Waals surface area contributed by atoms with E-state index < -0.39 is 10.0 Å². The molecule has 1 aromatic heterocycles. The van der Waals surface area contributed by atoms with Gasteiger partial charge in [0.05, 0.1) is 16.8 Å². The number of sulfonamides is 1. The second-order valence-electron chi connectivity index (χ2n) is 6.32. The van der Waals surface area contributed by atoms with Crippen molar-refractivity contribution >= 4 is 33.2 Å². The average Bonchev–Trinajstić information content (AvgIpc) is 2.74. The summed E-state index contributed by atoms with van der Waals surface area (Å²) in [4.78, 5) is 16.0. The van der Waals surface area contributed by atoms with Crippen LogP contribution in [-0.4, -0.2) is 32.5 Å². The summed E-state index contributed by atoms with van der Waals surface area (Å²) in [7, 11) is -3.58. The average molecular weight is 446 g/mol. The van der Waals surface area contributed by atoms with Gasteiger partial charge in [0.25, 0.3) is 5.91 Å². The summed E-state index contributed by atoms with van der Waals surface area (Å²) < 4.78 is 32.5. The number of carbonyl (C=O) groups excluding carboxylic acids is 1. The summed E-state index contributed by atoms with van der Waals surface area (Å²) in [6.45, 7) is 0.119. The number of nitrogens with one attached hydrogen (secondary N) is 2.